The number of aliphatic hydroxyl groups excluding tert-OH is 8. The molecule has 10 N–H and O–H groups in total. The number of nitrogens with one attached hydrogen (secondary N) is 2. The van der Waals surface area contributed by atoms with Crippen molar-refractivity contribution in [2.45, 2.75) is 0 Å². The molecular weight excluding hydrogens is 1360 g/mol. The average Bonchev–Trinajstić information content (AvgIpc) is 4.41. The third-order valence-corrected chi connectivity index (χ3v) is 15.6. The fourth-order valence-corrected chi connectivity index (χ4v) is 12.1. The van der Waals surface area contributed by atoms with Gasteiger partial charge in [-0.3, -0.25) is 0 Å². The highest BCUT2D eigenvalue weighted by Gasteiger charge is 2.37. The van der Waals surface area contributed by atoms with Crippen LogP contribution < -0.4 is 37.9 Å². The van der Waals surface area contributed by atoms with Gasteiger partial charge in [0.2, 0.25) is 0 Å². The monoisotopic (exact) mass is 1400 g/mol. The molecule has 0 radical (unpaired) electrons. The van der Waals surface area contributed by atoms with Gasteiger partial charge in [0.05, 0.1) is 124 Å². The van der Waals surface area contributed by atoms with Gasteiger partial charge in [0, 0.05) is 10.8 Å². The molecule has 0 spiro atoms. The molecular formula is C48H42Br3Cl5N8O16. The largest absolute Gasteiger partial charge is 0.486 e. The molecule has 0 aliphatic carbocycles. The lowest BCUT2D eigenvalue weighted by Gasteiger charge is -2.18. The normalized spacial score (nSPS) is 11.8. The van der Waals surface area contributed by atoms with Gasteiger partial charge in [0.25, 0.3) is 0 Å². The maximum atomic E-state index is 9.93. The number of halogens is 8. The van der Waals surface area contributed by atoms with Crippen LogP contribution in [0.25, 0.3) is 89.7 Å². The van der Waals surface area contributed by atoms with Crippen LogP contribution in [0.3, 0.4) is 0 Å². The van der Waals surface area contributed by atoms with Crippen molar-refractivity contribution in [3.8, 4) is 91.5 Å². The Balaban J connectivity index is 1.57. The number of fused-ring (bicyclic) bond motifs is 20. The van der Waals surface area contributed by atoms with Crippen LogP contribution in [0.5, 0.6) is 46.0 Å². The maximum absolute atomic E-state index is 9.93. The summed E-state index contributed by atoms with van der Waals surface area (Å²) in [5.74, 6) is -1.20. The van der Waals surface area contributed by atoms with Crippen molar-refractivity contribution in [3.05, 3.63) is 38.5 Å². The second kappa shape index (κ2) is 26.2. The van der Waals surface area contributed by atoms with Gasteiger partial charge in [-0.15, -0.1) is 0 Å². The Morgan fingerprint density at radius 1 is 0.287 bits per heavy atom. The van der Waals surface area contributed by atoms with E-state index in [1.165, 1.54) is 0 Å². The zero-order valence-corrected chi connectivity index (χ0v) is 49.4. The van der Waals surface area contributed by atoms with Gasteiger partial charge in [-0.05, 0) is 47.8 Å². The quantitative estimate of drug-likeness (QED) is 0.0282. The summed E-state index contributed by atoms with van der Waals surface area (Å²) in [5, 5.41) is 79.2. The molecule has 3 aromatic heterocycles. The van der Waals surface area contributed by atoms with E-state index in [1.807, 2.05) is 0 Å². The second-order valence-corrected chi connectivity index (χ2v) is 20.6. The van der Waals surface area contributed by atoms with Crippen LogP contribution in [-0.2, 0) is 0 Å². The predicted octanol–water partition coefficient (Wildman–Crippen LogP) is 7.39. The van der Waals surface area contributed by atoms with Crippen molar-refractivity contribution >= 4 is 150 Å². The Kier molecular flexibility index (Phi) is 19.6. The maximum Gasteiger partial charge on any atom is 0.182 e. The number of rotatable bonds is 24. The minimum atomic E-state index is -0.461. The third kappa shape index (κ3) is 10.9. The first-order valence-corrected chi connectivity index (χ1v) is 27.9. The molecule has 80 heavy (non-hydrogen) atoms. The van der Waals surface area contributed by atoms with Gasteiger partial charge in [-0.2, -0.15) is 0 Å². The van der Waals surface area contributed by atoms with Crippen molar-refractivity contribution in [2.24, 2.45) is 0 Å². The molecule has 8 bridgehead atoms. The Bertz CT molecular complexity index is 3270. The highest BCUT2D eigenvalue weighted by Crippen LogP contribution is 2.58. The molecule has 0 fully saturated rings. The smallest absolute Gasteiger partial charge is 0.182 e. The summed E-state index contributed by atoms with van der Waals surface area (Å²) in [4.78, 5) is 36.6. The number of aliphatic hydroxyl groups is 8. The van der Waals surface area contributed by atoms with Crippen LogP contribution in [0.15, 0.2) is 13.4 Å². The summed E-state index contributed by atoms with van der Waals surface area (Å²) >= 11 is 47.7. The molecule has 32 heteroatoms. The van der Waals surface area contributed by atoms with Crippen LogP contribution in [0.1, 0.15) is 0 Å². The lowest BCUT2D eigenvalue weighted by Crippen LogP contribution is -2.08. The van der Waals surface area contributed by atoms with Gasteiger partial charge < -0.3 is 88.7 Å². The van der Waals surface area contributed by atoms with Crippen LogP contribution in [0.2, 0.25) is 25.1 Å². The fourth-order valence-electron chi connectivity index (χ4n) is 8.51. The standard InChI is InChI=1S/C48H42Br3Cl5N8O16/c49-25-17-20(28(52)36(76-12-4-68)33(25)73-9-1-65)44-57-41-18-21(29(53)37(77-13-5-69)34(26(18)50)74-10-2-66)45(59-41)63-46-22-19(27(51)35(75-11-3-67)38(30(22)54)78-14-6-70)43(60-46)62-48-24-23(47(64-48)61-42(17)58-44)31(55)39(79-15-7-71)40(32(24)56)80-16-8-72/h65-72H,1-16H2,(H2,57,58,59,60,61,62,63,64). The van der Waals surface area contributed by atoms with E-state index in [9.17, 15) is 40.9 Å². The Morgan fingerprint density at radius 2 is 0.512 bits per heavy atom. The number of aromatic nitrogens is 8. The number of hydrogen-bond acceptors (Lipinski definition) is 22. The average molecular weight is 1400 g/mol. The summed E-state index contributed by atoms with van der Waals surface area (Å²) in [6.45, 7) is -5.63. The van der Waals surface area contributed by atoms with E-state index in [-0.39, 0.29) is 227 Å². The minimum absolute atomic E-state index is 0.0143. The van der Waals surface area contributed by atoms with Gasteiger partial charge in [-0.25, -0.2) is 29.9 Å². The highest BCUT2D eigenvalue weighted by molar-refractivity contribution is 9.11. The van der Waals surface area contributed by atoms with Crippen molar-refractivity contribution in [2.75, 3.05) is 106 Å². The number of aromatic amines is 2. The second-order valence-electron chi connectivity index (χ2n) is 16.3. The minimum Gasteiger partial charge on any atom is -0.486 e. The highest BCUT2D eigenvalue weighted by atomic mass is 79.9. The fraction of sp³-hybridized carbons (Fsp3) is 0.333. The summed E-state index contributed by atoms with van der Waals surface area (Å²) in [5.41, 5.74) is 0.103. The first-order valence-electron chi connectivity index (χ1n) is 23.7. The lowest BCUT2D eigenvalue weighted by atomic mass is 10.1. The summed E-state index contributed by atoms with van der Waals surface area (Å²) < 4.78 is 48.4. The van der Waals surface area contributed by atoms with Crippen molar-refractivity contribution in [1.82, 2.24) is 39.9 Å². The molecule has 2 aliphatic heterocycles. The van der Waals surface area contributed by atoms with Crippen molar-refractivity contribution < 1.29 is 78.7 Å². The number of H-pyrrole nitrogens is 2. The molecule has 4 aromatic carbocycles. The first kappa shape index (κ1) is 59.8. The van der Waals surface area contributed by atoms with Gasteiger partial charge >= 0.3 is 0 Å². The molecule has 9 rings (SSSR count). The van der Waals surface area contributed by atoms with E-state index >= 15 is 0 Å². The Morgan fingerprint density at radius 3 is 0.812 bits per heavy atom. The molecule has 0 atom stereocenters. The lowest BCUT2D eigenvalue weighted by molar-refractivity contribution is 0.178. The molecule has 426 valence electrons. The molecule has 2 aliphatic rings. The first-order chi connectivity index (χ1) is 38.7. The molecule has 0 amide bonds. The molecule has 7 aromatic rings. The molecule has 0 saturated carbocycles. The number of nitrogens with zero attached hydrogens (tertiary/aromatic N) is 6. The van der Waals surface area contributed by atoms with Crippen LogP contribution in [-0.4, -0.2) is 186 Å². The van der Waals surface area contributed by atoms with Gasteiger partial charge in [-0.1, -0.05) is 58.0 Å². The zero-order chi connectivity index (χ0) is 57.1. The SMILES string of the molecule is OCCOc1c(Cl)c2c(c(Cl)c1OCCO)-c1nc-2nc2[nH]c(nc3nc(nc4[nH]c(n1)c1c(Br)c(OCCO)c(OCCO)c(Cl)c41)-c1c(Br)c(OCCO)c(OCCO)c(Cl)c1-3)c1c(Cl)c(OCCO)c(OCCO)c(Br)c21. The van der Waals surface area contributed by atoms with Crippen molar-refractivity contribution in [1.29, 1.82) is 0 Å². The Labute approximate surface area is 500 Å². The molecule has 5 heterocycles. The van der Waals surface area contributed by atoms with Gasteiger partial charge in [0.1, 0.15) is 75.4 Å². The number of ether oxygens (including phenoxy) is 8. The molecule has 0 saturated heterocycles. The Hall–Kier alpha value is -4.79. The van der Waals surface area contributed by atoms with Crippen LogP contribution >= 0.6 is 106 Å². The molecule has 24 nitrogen and oxygen atoms in total. The van der Waals surface area contributed by atoms with Gasteiger partial charge in [0.15, 0.2) is 69.3 Å². The van der Waals surface area contributed by atoms with Crippen LogP contribution in [0, 0.1) is 0 Å². The number of benzene rings is 4. The van der Waals surface area contributed by atoms with E-state index < -0.39 is 52.9 Å². The topological polar surface area (TPSA) is 345 Å². The van der Waals surface area contributed by atoms with E-state index in [2.05, 4.69) is 57.8 Å². The zero-order valence-electron chi connectivity index (χ0n) is 40.9. The van der Waals surface area contributed by atoms with E-state index in [0.717, 1.165) is 0 Å². The van der Waals surface area contributed by atoms with Crippen molar-refractivity contribution in [3.63, 3.8) is 0 Å². The third-order valence-electron chi connectivity index (χ3n) is 11.5. The number of hydrogen-bond donors (Lipinski definition) is 10. The predicted molar refractivity (Wildman–Crippen MR) is 305 cm³/mol. The van der Waals surface area contributed by atoms with E-state index in [4.69, 9.17) is 126 Å². The summed E-state index contributed by atoms with van der Waals surface area (Å²) in [6.07, 6.45) is 0. The molecule has 0 unspecified atom stereocenters. The summed E-state index contributed by atoms with van der Waals surface area (Å²) in [7, 11) is 0. The van der Waals surface area contributed by atoms with E-state index in [0.29, 0.717) is 0 Å². The summed E-state index contributed by atoms with van der Waals surface area (Å²) in [6, 6.07) is 0. The van der Waals surface area contributed by atoms with Crippen LogP contribution in [0.4, 0.5) is 0 Å². The van der Waals surface area contributed by atoms with E-state index in [1.54, 1.807) is 0 Å².